The topological polar surface area (TPSA) is 121 Å². The number of carboxylic acid groups (broad SMARTS) is 1. The molecule has 6 nitrogen and oxygen atoms in total. The molecule has 0 aliphatic carbocycles. The molecule has 1 aromatic rings. The Morgan fingerprint density at radius 3 is 2.32 bits per heavy atom. The molecule has 0 bridgehead atoms. The van der Waals surface area contributed by atoms with Gasteiger partial charge < -0.3 is 10.4 Å². The first kappa shape index (κ1) is 14.1. The zero-order chi connectivity index (χ0) is 14.4. The van der Waals surface area contributed by atoms with Crippen molar-refractivity contribution in [3.8, 4) is 18.2 Å². The van der Waals surface area contributed by atoms with E-state index >= 15 is 0 Å². The lowest BCUT2D eigenvalue weighted by molar-refractivity contribution is 0.0698. The second-order valence-corrected chi connectivity index (χ2v) is 3.59. The molecular weight excluding hydrogens is 268 g/mol. The molecule has 0 radical (unpaired) electrons. The van der Waals surface area contributed by atoms with E-state index in [1.165, 1.54) is 30.3 Å². The average Bonchev–Trinajstić information content (AvgIpc) is 2.38. The Labute approximate surface area is 113 Å². The van der Waals surface area contributed by atoms with E-state index in [9.17, 15) is 4.79 Å². The number of allylic oxidation sites excluding steroid dienone is 2. The highest BCUT2D eigenvalue weighted by molar-refractivity contribution is 6.34. The summed E-state index contributed by atoms with van der Waals surface area (Å²) in [7, 11) is 0. The molecule has 0 aliphatic heterocycles. The number of nitrogens with zero attached hydrogens (tertiary/aromatic N) is 3. The summed E-state index contributed by atoms with van der Waals surface area (Å²) in [6.07, 6.45) is 0. The van der Waals surface area contributed by atoms with Gasteiger partial charge in [-0.3, -0.25) is 0 Å². The molecule has 2 N–H and O–H groups in total. The molecule has 0 fully saturated rings. The van der Waals surface area contributed by atoms with E-state index in [0.29, 0.717) is 0 Å². The maximum atomic E-state index is 11.1. The van der Waals surface area contributed by atoms with Crippen molar-refractivity contribution in [2.24, 2.45) is 0 Å². The Balaban J connectivity index is 3.37. The van der Waals surface area contributed by atoms with Crippen molar-refractivity contribution in [1.82, 2.24) is 0 Å². The molecule has 19 heavy (non-hydrogen) atoms. The number of benzene rings is 1. The van der Waals surface area contributed by atoms with Crippen molar-refractivity contribution in [3.05, 3.63) is 40.1 Å². The molecule has 7 heteroatoms. The van der Waals surface area contributed by atoms with Crippen molar-refractivity contribution in [2.75, 3.05) is 5.32 Å². The lowest BCUT2D eigenvalue weighted by atomic mass is 10.1. The molecule has 0 heterocycles. The van der Waals surface area contributed by atoms with Crippen LogP contribution in [0.2, 0.25) is 5.02 Å². The molecule has 1 aromatic carbocycles. The Bertz CT molecular complexity index is 673. The van der Waals surface area contributed by atoms with Gasteiger partial charge in [-0.2, -0.15) is 15.8 Å². The van der Waals surface area contributed by atoms with E-state index in [2.05, 4.69) is 5.32 Å². The first-order chi connectivity index (χ1) is 9.04. The predicted molar refractivity (Wildman–Crippen MR) is 65.9 cm³/mol. The van der Waals surface area contributed by atoms with E-state index < -0.39 is 11.5 Å². The van der Waals surface area contributed by atoms with Crippen LogP contribution in [-0.2, 0) is 0 Å². The minimum atomic E-state index is -1.29. The number of carbonyl (C=O) groups is 1. The van der Waals surface area contributed by atoms with Gasteiger partial charge in [0.25, 0.3) is 0 Å². The van der Waals surface area contributed by atoms with Crippen molar-refractivity contribution in [2.45, 2.75) is 0 Å². The van der Waals surface area contributed by atoms with Crippen LogP contribution in [0.1, 0.15) is 10.4 Å². The standard InChI is InChI=1S/C12H5ClN4O2/c13-8-2-1-3-9(11(8)12(18)19)17-10(6-16)7(4-14)5-15/h1-3,17H,(H,18,19). The SMILES string of the molecule is N#CC(C#N)=C(C#N)Nc1cccc(Cl)c1C(=O)O. The Morgan fingerprint density at radius 2 is 1.84 bits per heavy atom. The molecule has 0 saturated heterocycles. The molecule has 0 saturated carbocycles. The second kappa shape index (κ2) is 6.07. The quantitative estimate of drug-likeness (QED) is 0.814. The van der Waals surface area contributed by atoms with Crippen LogP contribution >= 0.6 is 11.6 Å². The van der Waals surface area contributed by atoms with Gasteiger partial charge in [-0.25, -0.2) is 4.79 Å². The highest BCUT2D eigenvalue weighted by Crippen LogP contribution is 2.25. The average molecular weight is 273 g/mol. The molecule has 1 rings (SSSR count). The van der Waals surface area contributed by atoms with Crippen molar-refractivity contribution < 1.29 is 9.90 Å². The summed E-state index contributed by atoms with van der Waals surface area (Å²) < 4.78 is 0. The van der Waals surface area contributed by atoms with Gasteiger partial charge in [0, 0.05) is 0 Å². The number of aromatic carboxylic acids is 1. The van der Waals surface area contributed by atoms with Crippen LogP contribution in [0.4, 0.5) is 5.69 Å². The maximum Gasteiger partial charge on any atom is 0.339 e. The van der Waals surface area contributed by atoms with Crippen LogP contribution in [0.5, 0.6) is 0 Å². The first-order valence-electron chi connectivity index (χ1n) is 4.78. The van der Waals surface area contributed by atoms with Crippen LogP contribution in [-0.4, -0.2) is 11.1 Å². The first-order valence-corrected chi connectivity index (χ1v) is 5.16. The lowest BCUT2D eigenvalue weighted by Crippen LogP contribution is -2.07. The Hall–Kier alpha value is -3.01. The fourth-order valence-corrected chi connectivity index (χ4v) is 1.52. The van der Waals surface area contributed by atoms with Gasteiger partial charge in [0.05, 0.1) is 10.7 Å². The Kier molecular flexibility index (Phi) is 4.49. The van der Waals surface area contributed by atoms with Crippen LogP contribution in [0.25, 0.3) is 0 Å². The molecule has 0 atom stereocenters. The fourth-order valence-electron chi connectivity index (χ4n) is 1.26. The summed E-state index contributed by atoms with van der Waals surface area (Å²) in [5.41, 5.74) is -1.000. The van der Waals surface area contributed by atoms with E-state index in [1.54, 1.807) is 6.07 Å². The number of hydrogen-bond donors (Lipinski definition) is 2. The number of nitrogens with one attached hydrogen (secondary N) is 1. The molecule has 0 aliphatic rings. The van der Waals surface area contributed by atoms with Gasteiger partial charge in [-0.15, -0.1) is 0 Å². The van der Waals surface area contributed by atoms with Crippen LogP contribution in [0.3, 0.4) is 0 Å². The summed E-state index contributed by atoms with van der Waals surface area (Å²) in [5, 5.41) is 37.7. The molecular formula is C12H5ClN4O2. The normalized spacial score (nSPS) is 8.53. The summed E-state index contributed by atoms with van der Waals surface area (Å²) in [6, 6.07) is 8.93. The fraction of sp³-hybridized carbons (Fsp3) is 0. The minimum Gasteiger partial charge on any atom is -0.478 e. The third kappa shape index (κ3) is 3.01. The second-order valence-electron chi connectivity index (χ2n) is 3.18. The lowest BCUT2D eigenvalue weighted by Gasteiger charge is -2.09. The van der Waals surface area contributed by atoms with Crippen molar-refractivity contribution in [1.29, 1.82) is 15.8 Å². The third-order valence-corrected chi connectivity index (χ3v) is 2.39. The minimum absolute atomic E-state index is 0.0229. The van der Waals surface area contributed by atoms with E-state index in [1.807, 2.05) is 0 Å². The number of hydrogen-bond acceptors (Lipinski definition) is 5. The summed E-state index contributed by atoms with van der Waals surface area (Å²) in [5.74, 6) is -1.29. The third-order valence-electron chi connectivity index (χ3n) is 2.07. The molecule has 0 spiro atoms. The van der Waals surface area contributed by atoms with Crippen molar-refractivity contribution in [3.63, 3.8) is 0 Å². The van der Waals surface area contributed by atoms with Crippen molar-refractivity contribution >= 4 is 23.3 Å². The molecule has 0 amide bonds. The summed E-state index contributed by atoms with van der Waals surface area (Å²) in [4.78, 5) is 11.1. The largest absolute Gasteiger partial charge is 0.478 e. The van der Waals surface area contributed by atoms with Gasteiger partial charge in [0.15, 0.2) is 5.57 Å². The van der Waals surface area contributed by atoms with Crippen LogP contribution in [0, 0.1) is 34.0 Å². The number of nitriles is 3. The monoisotopic (exact) mass is 272 g/mol. The zero-order valence-electron chi connectivity index (χ0n) is 9.31. The summed E-state index contributed by atoms with van der Waals surface area (Å²) >= 11 is 5.75. The van der Waals surface area contributed by atoms with Gasteiger partial charge >= 0.3 is 5.97 Å². The number of rotatable bonds is 3. The van der Waals surface area contributed by atoms with Gasteiger partial charge in [-0.1, -0.05) is 17.7 Å². The van der Waals surface area contributed by atoms with Gasteiger partial charge in [0.2, 0.25) is 0 Å². The number of halogens is 1. The number of carboxylic acids is 1. The van der Waals surface area contributed by atoms with E-state index in [-0.39, 0.29) is 22.0 Å². The number of anilines is 1. The Morgan fingerprint density at radius 1 is 1.21 bits per heavy atom. The van der Waals surface area contributed by atoms with E-state index in [0.717, 1.165) is 0 Å². The van der Waals surface area contributed by atoms with Crippen LogP contribution < -0.4 is 5.32 Å². The smallest absolute Gasteiger partial charge is 0.339 e. The zero-order valence-corrected chi connectivity index (χ0v) is 10.1. The van der Waals surface area contributed by atoms with E-state index in [4.69, 9.17) is 32.5 Å². The highest BCUT2D eigenvalue weighted by atomic mass is 35.5. The molecule has 0 unspecified atom stereocenters. The predicted octanol–water partition coefficient (Wildman–Crippen LogP) is 2.27. The van der Waals surface area contributed by atoms with Gasteiger partial charge in [-0.05, 0) is 12.1 Å². The highest BCUT2D eigenvalue weighted by Gasteiger charge is 2.16. The molecule has 92 valence electrons. The van der Waals surface area contributed by atoms with Gasteiger partial charge in [0.1, 0.15) is 29.5 Å². The summed E-state index contributed by atoms with van der Waals surface area (Å²) in [6.45, 7) is 0. The maximum absolute atomic E-state index is 11.1. The molecule has 0 aromatic heterocycles. The van der Waals surface area contributed by atoms with Crippen LogP contribution in [0.15, 0.2) is 29.5 Å².